The highest BCUT2D eigenvalue weighted by atomic mass is 16.5. The van der Waals surface area contributed by atoms with Crippen LogP contribution in [0.15, 0.2) is 48.8 Å². The van der Waals surface area contributed by atoms with E-state index >= 15 is 0 Å². The largest absolute Gasteiger partial charge is 0.492 e. The van der Waals surface area contributed by atoms with E-state index in [0.717, 1.165) is 0 Å². The van der Waals surface area contributed by atoms with Crippen molar-refractivity contribution >= 4 is 28.5 Å². The molecule has 0 saturated carbocycles. The lowest BCUT2D eigenvalue weighted by atomic mass is 10.1. The van der Waals surface area contributed by atoms with Crippen molar-refractivity contribution < 1.29 is 14.3 Å². The number of primary amides is 1. The van der Waals surface area contributed by atoms with E-state index in [2.05, 4.69) is 20.7 Å². The molecule has 0 aliphatic heterocycles. The molecule has 0 saturated heterocycles. The number of amides is 2. The second-order valence-electron chi connectivity index (χ2n) is 5.58. The molecule has 0 bridgehead atoms. The van der Waals surface area contributed by atoms with Gasteiger partial charge in [0.25, 0.3) is 5.91 Å². The molecule has 9 nitrogen and oxygen atoms in total. The fourth-order valence-electron chi connectivity index (χ4n) is 2.48. The minimum absolute atomic E-state index is 0.263. The lowest BCUT2D eigenvalue weighted by Gasteiger charge is -2.09. The zero-order valence-electron chi connectivity index (χ0n) is 14.3. The molecule has 2 heterocycles. The highest BCUT2D eigenvalue weighted by molar-refractivity contribution is 6.05. The van der Waals surface area contributed by atoms with Crippen molar-refractivity contribution in [2.45, 2.75) is 0 Å². The van der Waals surface area contributed by atoms with Gasteiger partial charge in [0.05, 0.1) is 23.2 Å². The van der Waals surface area contributed by atoms with Crippen molar-refractivity contribution in [3.8, 4) is 5.75 Å². The van der Waals surface area contributed by atoms with E-state index in [1.165, 1.54) is 12.4 Å². The van der Waals surface area contributed by atoms with E-state index in [4.69, 9.17) is 16.3 Å². The minimum Gasteiger partial charge on any atom is -0.492 e. The van der Waals surface area contributed by atoms with Gasteiger partial charge in [0.2, 0.25) is 5.91 Å². The number of rotatable bonds is 7. The maximum atomic E-state index is 12.0. The number of ether oxygens (including phenoxy) is 1. The number of nitrogens with two attached hydrogens (primary N) is 2. The van der Waals surface area contributed by atoms with Crippen molar-refractivity contribution in [3.63, 3.8) is 0 Å². The van der Waals surface area contributed by atoms with Crippen LogP contribution in [0.3, 0.4) is 0 Å². The van der Waals surface area contributed by atoms with Crippen LogP contribution >= 0.6 is 0 Å². The molecule has 3 aromatic rings. The Morgan fingerprint density at radius 1 is 1.11 bits per heavy atom. The third-order valence-corrected chi connectivity index (χ3v) is 3.81. The molecule has 0 radical (unpaired) electrons. The summed E-state index contributed by atoms with van der Waals surface area (Å²) in [6.07, 6.45) is 2.95. The van der Waals surface area contributed by atoms with E-state index in [1.807, 2.05) is 0 Å². The molecule has 0 atom stereocenters. The van der Waals surface area contributed by atoms with Gasteiger partial charge in [-0.05, 0) is 30.3 Å². The van der Waals surface area contributed by atoms with Gasteiger partial charge in [-0.2, -0.15) is 0 Å². The van der Waals surface area contributed by atoms with Gasteiger partial charge < -0.3 is 21.2 Å². The first-order valence-corrected chi connectivity index (χ1v) is 8.10. The van der Waals surface area contributed by atoms with Crippen LogP contribution in [0, 0.1) is 0 Å². The number of nitrogen functional groups attached to an aromatic ring is 1. The maximum absolute atomic E-state index is 12.0. The number of carbonyl (C=O) groups excluding carboxylic acids is 2. The SMILES string of the molecule is NNc1ccc(C(=O)NCCOc2ccc3c(C(N)=O)ccnc3c2)cn1. The van der Waals surface area contributed by atoms with Crippen molar-refractivity contribution in [3.05, 3.63) is 59.9 Å². The van der Waals surface area contributed by atoms with Crippen LogP contribution in [0.25, 0.3) is 10.9 Å². The first-order valence-electron chi connectivity index (χ1n) is 8.10. The molecule has 0 aliphatic rings. The van der Waals surface area contributed by atoms with Crippen LogP contribution in [0.5, 0.6) is 5.75 Å². The molecule has 27 heavy (non-hydrogen) atoms. The Kier molecular flexibility index (Phi) is 5.43. The Morgan fingerprint density at radius 3 is 2.67 bits per heavy atom. The average Bonchev–Trinajstić information content (AvgIpc) is 2.70. The van der Waals surface area contributed by atoms with E-state index in [0.29, 0.717) is 40.1 Å². The number of fused-ring (bicyclic) bond motifs is 1. The topological polar surface area (TPSA) is 145 Å². The summed E-state index contributed by atoms with van der Waals surface area (Å²) in [4.78, 5) is 31.6. The molecule has 3 rings (SSSR count). The zero-order valence-corrected chi connectivity index (χ0v) is 14.3. The van der Waals surface area contributed by atoms with Crippen LogP contribution in [0.4, 0.5) is 5.82 Å². The molecular weight excluding hydrogens is 348 g/mol. The number of pyridine rings is 2. The fourth-order valence-corrected chi connectivity index (χ4v) is 2.48. The summed E-state index contributed by atoms with van der Waals surface area (Å²) in [5, 5.41) is 3.40. The van der Waals surface area contributed by atoms with Crippen molar-refractivity contribution in [1.29, 1.82) is 0 Å². The Balaban J connectivity index is 1.55. The van der Waals surface area contributed by atoms with Crippen molar-refractivity contribution in [1.82, 2.24) is 15.3 Å². The van der Waals surface area contributed by atoms with Crippen LogP contribution in [0.2, 0.25) is 0 Å². The third kappa shape index (κ3) is 4.28. The van der Waals surface area contributed by atoms with E-state index in [-0.39, 0.29) is 12.5 Å². The molecule has 6 N–H and O–H groups in total. The summed E-state index contributed by atoms with van der Waals surface area (Å²) in [5.74, 6) is 5.50. The number of nitrogens with zero attached hydrogens (tertiary/aromatic N) is 2. The number of anilines is 1. The molecule has 0 unspecified atom stereocenters. The molecule has 9 heteroatoms. The number of hydrogen-bond donors (Lipinski definition) is 4. The number of carbonyl (C=O) groups is 2. The van der Waals surface area contributed by atoms with Gasteiger partial charge in [-0.3, -0.25) is 14.6 Å². The first-order chi connectivity index (χ1) is 13.1. The van der Waals surface area contributed by atoms with E-state index < -0.39 is 5.91 Å². The quantitative estimate of drug-likeness (QED) is 0.275. The van der Waals surface area contributed by atoms with Gasteiger partial charge in [0.1, 0.15) is 18.2 Å². The second-order valence-corrected chi connectivity index (χ2v) is 5.58. The molecule has 0 fully saturated rings. The number of hydrazine groups is 1. The zero-order chi connectivity index (χ0) is 19.2. The summed E-state index contributed by atoms with van der Waals surface area (Å²) < 4.78 is 5.62. The van der Waals surface area contributed by atoms with Crippen LogP contribution in [0.1, 0.15) is 20.7 Å². The predicted octanol–water partition coefficient (Wildman–Crippen LogP) is 0.823. The Hall–Kier alpha value is -3.72. The number of hydrogen-bond acceptors (Lipinski definition) is 7. The van der Waals surface area contributed by atoms with Gasteiger partial charge in [-0.25, -0.2) is 10.8 Å². The van der Waals surface area contributed by atoms with Crippen LogP contribution in [-0.2, 0) is 0 Å². The van der Waals surface area contributed by atoms with E-state index in [9.17, 15) is 9.59 Å². The Bertz CT molecular complexity index is 974. The molecule has 2 aromatic heterocycles. The number of aromatic nitrogens is 2. The summed E-state index contributed by atoms with van der Waals surface area (Å²) in [6, 6.07) is 9.96. The van der Waals surface area contributed by atoms with Crippen LogP contribution < -0.4 is 27.1 Å². The smallest absolute Gasteiger partial charge is 0.252 e. The van der Waals surface area contributed by atoms with Gasteiger partial charge in [-0.1, -0.05) is 0 Å². The summed E-state index contributed by atoms with van der Waals surface area (Å²) in [7, 11) is 0. The fraction of sp³-hybridized carbons (Fsp3) is 0.111. The van der Waals surface area contributed by atoms with Gasteiger partial charge in [0, 0.05) is 23.8 Å². The summed E-state index contributed by atoms with van der Waals surface area (Å²) in [6.45, 7) is 0.575. The van der Waals surface area contributed by atoms with Gasteiger partial charge >= 0.3 is 0 Å². The normalized spacial score (nSPS) is 10.4. The molecule has 1 aromatic carbocycles. The summed E-state index contributed by atoms with van der Waals surface area (Å²) >= 11 is 0. The predicted molar refractivity (Wildman–Crippen MR) is 100 cm³/mol. The van der Waals surface area contributed by atoms with Crippen molar-refractivity contribution in [2.75, 3.05) is 18.6 Å². The van der Waals surface area contributed by atoms with Crippen molar-refractivity contribution in [2.24, 2.45) is 11.6 Å². The van der Waals surface area contributed by atoms with Crippen LogP contribution in [-0.4, -0.2) is 34.9 Å². The Labute approximate surface area is 154 Å². The third-order valence-electron chi connectivity index (χ3n) is 3.81. The van der Waals surface area contributed by atoms with Gasteiger partial charge in [-0.15, -0.1) is 0 Å². The summed E-state index contributed by atoms with van der Waals surface area (Å²) in [5.41, 5.74) is 9.18. The number of benzene rings is 1. The Morgan fingerprint density at radius 2 is 1.96 bits per heavy atom. The lowest BCUT2D eigenvalue weighted by Crippen LogP contribution is -2.28. The molecular formula is C18H18N6O3. The highest BCUT2D eigenvalue weighted by Crippen LogP contribution is 2.21. The van der Waals surface area contributed by atoms with E-state index in [1.54, 1.807) is 36.4 Å². The first kappa shape index (κ1) is 18.1. The standard InChI is InChI=1S/C18H18N6O3/c19-17(25)14-5-6-21-15-9-12(2-3-13(14)15)27-8-7-22-18(26)11-1-4-16(24-20)23-10-11/h1-6,9-10H,7-8,20H2,(H2,19,25)(H,22,26)(H,23,24). The maximum Gasteiger partial charge on any atom is 0.252 e. The molecule has 138 valence electrons. The number of nitrogens with one attached hydrogen (secondary N) is 2. The molecule has 0 spiro atoms. The van der Waals surface area contributed by atoms with Gasteiger partial charge in [0.15, 0.2) is 0 Å². The minimum atomic E-state index is -0.511. The molecule has 2 amide bonds. The highest BCUT2D eigenvalue weighted by Gasteiger charge is 2.08. The average molecular weight is 366 g/mol. The molecule has 0 aliphatic carbocycles. The second kappa shape index (κ2) is 8.11. The monoisotopic (exact) mass is 366 g/mol. The lowest BCUT2D eigenvalue weighted by molar-refractivity contribution is 0.0945.